The number of rotatable bonds is 3. The van der Waals surface area contributed by atoms with Crippen LogP contribution >= 0.6 is 0 Å². The van der Waals surface area contributed by atoms with Gasteiger partial charge in [-0.2, -0.15) is 5.26 Å². The van der Waals surface area contributed by atoms with Gasteiger partial charge in [-0.05, 0) is 19.1 Å². The van der Waals surface area contributed by atoms with Crippen LogP contribution in [-0.4, -0.2) is 64.5 Å². The number of piperazine rings is 1. The Morgan fingerprint density at radius 1 is 1.44 bits per heavy atom. The van der Waals surface area contributed by atoms with Crippen molar-refractivity contribution in [2.24, 2.45) is 7.05 Å². The van der Waals surface area contributed by atoms with Crippen molar-refractivity contribution in [2.75, 3.05) is 31.7 Å². The van der Waals surface area contributed by atoms with Gasteiger partial charge in [0.1, 0.15) is 17.3 Å². The molecule has 0 bridgehead atoms. The van der Waals surface area contributed by atoms with Crippen LogP contribution in [0.4, 0.5) is 10.5 Å². The van der Waals surface area contributed by atoms with E-state index in [9.17, 15) is 20.0 Å². The smallest absolute Gasteiger partial charge is 0.407 e. The summed E-state index contributed by atoms with van der Waals surface area (Å²) in [6, 6.07) is 6.24. The molecule has 0 aliphatic carbocycles. The predicted octanol–water partition coefficient (Wildman–Crippen LogP) is 1.01. The van der Waals surface area contributed by atoms with Gasteiger partial charge in [-0.25, -0.2) is 9.78 Å². The van der Waals surface area contributed by atoms with E-state index in [4.69, 9.17) is 4.74 Å². The lowest BCUT2D eigenvalue weighted by Crippen LogP contribution is -2.60. The number of methoxy groups -OCH3 is 1. The number of pyridine rings is 2. The highest BCUT2D eigenvalue weighted by atomic mass is 16.5. The molecule has 0 radical (unpaired) electrons. The normalized spacial score (nSPS) is 19.9. The molecule has 0 saturated carbocycles. The van der Waals surface area contributed by atoms with E-state index in [2.05, 4.69) is 4.98 Å². The summed E-state index contributed by atoms with van der Waals surface area (Å²) in [6.07, 6.45) is -0.984. The van der Waals surface area contributed by atoms with Gasteiger partial charge in [-0.3, -0.25) is 4.79 Å². The lowest BCUT2D eigenvalue weighted by Gasteiger charge is -2.45. The number of nitrogens with zero attached hydrogens (tertiary/aromatic N) is 5. The van der Waals surface area contributed by atoms with E-state index in [1.165, 1.54) is 15.5 Å². The van der Waals surface area contributed by atoms with Gasteiger partial charge in [0.25, 0.3) is 5.56 Å². The van der Waals surface area contributed by atoms with Crippen molar-refractivity contribution in [2.45, 2.75) is 19.0 Å². The third kappa shape index (κ3) is 3.31. The molecule has 0 unspecified atom stereocenters. The van der Waals surface area contributed by atoms with Crippen molar-refractivity contribution in [3.05, 3.63) is 34.2 Å². The van der Waals surface area contributed by atoms with Crippen LogP contribution in [0.1, 0.15) is 12.6 Å². The van der Waals surface area contributed by atoms with Gasteiger partial charge in [-0.15, -0.1) is 0 Å². The number of hydrogen-bond acceptors (Lipinski definition) is 6. The Balaban J connectivity index is 2.17. The number of amides is 1. The van der Waals surface area contributed by atoms with Crippen molar-refractivity contribution >= 4 is 22.8 Å². The summed E-state index contributed by atoms with van der Waals surface area (Å²) in [4.78, 5) is 31.7. The third-order valence-corrected chi connectivity index (χ3v) is 4.94. The van der Waals surface area contributed by atoms with Crippen LogP contribution in [0.15, 0.2) is 23.0 Å². The van der Waals surface area contributed by atoms with Gasteiger partial charge >= 0.3 is 6.09 Å². The molecule has 2 atom stereocenters. The van der Waals surface area contributed by atoms with E-state index < -0.39 is 6.09 Å². The molecular weight excluding hydrogens is 350 g/mol. The molecule has 1 N–H and O–H groups in total. The van der Waals surface area contributed by atoms with Gasteiger partial charge in [0.2, 0.25) is 0 Å². The van der Waals surface area contributed by atoms with E-state index in [1.54, 1.807) is 26.3 Å². The van der Waals surface area contributed by atoms with Crippen LogP contribution < -0.4 is 10.5 Å². The molecule has 1 amide bonds. The fourth-order valence-corrected chi connectivity index (χ4v) is 3.53. The number of nitriles is 1. The second-order valence-electron chi connectivity index (χ2n) is 6.65. The van der Waals surface area contributed by atoms with Crippen molar-refractivity contribution < 1.29 is 14.6 Å². The van der Waals surface area contributed by atoms with Crippen LogP contribution in [0.5, 0.6) is 0 Å². The summed E-state index contributed by atoms with van der Waals surface area (Å²) in [5.41, 5.74) is 1.79. The summed E-state index contributed by atoms with van der Waals surface area (Å²) < 4.78 is 6.77. The zero-order chi connectivity index (χ0) is 19.7. The van der Waals surface area contributed by atoms with Crippen molar-refractivity contribution in [3.63, 3.8) is 0 Å². The minimum Gasteiger partial charge on any atom is -0.465 e. The van der Waals surface area contributed by atoms with Crippen molar-refractivity contribution in [3.8, 4) is 6.07 Å². The van der Waals surface area contributed by atoms with Gasteiger partial charge in [-0.1, -0.05) is 0 Å². The summed E-state index contributed by atoms with van der Waals surface area (Å²) in [5.74, 6) is 0. The second kappa shape index (κ2) is 7.25. The van der Waals surface area contributed by atoms with Crippen molar-refractivity contribution in [1.29, 1.82) is 5.26 Å². The molecule has 2 aromatic rings. The summed E-state index contributed by atoms with van der Waals surface area (Å²) in [5, 5.41) is 18.6. The maximum Gasteiger partial charge on any atom is 0.407 e. The molecule has 2 aromatic heterocycles. The second-order valence-corrected chi connectivity index (χ2v) is 6.65. The minimum atomic E-state index is -0.984. The molecule has 1 saturated heterocycles. The largest absolute Gasteiger partial charge is 0.465 e. The van der Waals surface area contributed by atoms with Gasteiger partial charge < -0.3 is 24.2 Å². The van der Waals surface area contributed by atoms with Gasteiger partial charge in [0.15, 0.2) is 0 Å². The first-order valence-electron chi connectivity index (χ1n) is 8.53. The monoisotopic (exact) mass is 371 g/mol. The van der Waals surface area contributed by atoms with E-state index in [-0.39, 0.29) is 29.9 Å². The van der Waals surface area contributed by atoms with E-state index in [0.717, 1.165) is 0 Å². The lowest BCUT2D eigenvalue weighted by molar-refractivity contribution is 0.0915. The fraction of sp³-hybridized carbons (Fsp3) is 0.444. The molecule has 1 aliphatic heterocycles. The number of aromatic nitrogens is 2. The van der Waals surface area contributed by atoms with E-state index in [1.807, 2.05) is 17.9 Å². The molecule has 3 heterocycles. The first kappa shape index (κ1) is 18.7. The van der Waals surface area contributed by atoms with Crippen molar-refractivity contribution in [1.82, 2.24) is 14.5 Å². The number of carbonyl (C=O) groups is 1. The average Bonchev–Trinajstić information content (AvgIpc) is 2.65. The highest BCUT2D eigenvalue weighted by molar-refractivity contribution is 5.89. The quantitative estimate of drug-likeness (QED) is 0.857. The Kier molecular flexibility index (Phi) is 5.01. The highest BCUT2D eigenvalue weighted by Crippen LogP contribution is 2.29. The Morgan fingerprint density at radius 2 is 2.19 bits per heavy atom. The summed E-state index contributed by atoms with van der Waals surface area (Å²) in [7, 11) is 3.20. The number of aryl methyl sites for hydroxylation is 1. The SMILES string of the molecule is COC[C@H]1CN(C(=O)O)[C@H](C)CN1c1cc(=O)n(C)c2ccc(C#N)nc12. The molecule has 0 aromatic carbocycles. The molecule has 1 aliphatic rings. The number of hydrogen-bond donors (Lipinski definition) is 1. The maximum atomic E-state index is 12.5. The molecule has 1 fully saturated rings. The van der Waals surface area contributed by atoms with Gasteiger partial charge in [0, 0.05) is 39.4 Å². The minimum absolute atomic E-state index is 0.200. The number of anilines is 1. The first-order valence-corrected chi connectivity index (χ1v) is 8.53. The Morgan fingerprint density at radius 3 is 2.81 bits per heavy atom. The maximum absolute atomic E-state index is 12.5. The molecule has 9 nitrogen and oxygen atoms in total. The Labute approximate surface area is 156 Å². The zero-order valence-corrected chi connectivity index (χ0v) is 15.4. The predicted molar refractivity (Wildman–Crippen MR) is 98.9 cm³/mol. The van der Waals surface area contributed by atoms with Crippen LogP contribution in [0, 0.1) is 11.3 Å². The summed E-state index contributed by atoms with van der Waals surface area (Å²) >= 11 is 0. The number of carboxylic acid groups (broad SMARTS) is 1. The molecule has 142 valence electrons. The molecule has 3 rings (SSSR count). The number of ether oxygens (including phenoxy) is 1. The van der Waals surface area contributed by atoms with Crippen LogP contribution in [0.2, 0.25) is 0 Å². The Hall–Kier alpha value is -3.12. The van der Waals surface area contributed by atoms with Crippen LogP contribution in [0.25, 0.3) is 11.0 Å². The highest BCUT2D eigenvalue weighted by Gasteiger charge is 2.35. The van der Waals surface area contributed by atoms with E-state index >= 15 is 0 Å². The summed E-state index contributed by atoms with van der Waals surface area (Å²) in [6.45, 7) is 2.76. The molecule has 9 heteroatoms. The van der Waals surface area contributed by atoms with Gasteiger partial charge in [0.05, 0.1) is 23.9 Å². The van der Waals surface area contributed by atoms with Crippen LogP contribution in [0.3, 0.4) is 0 Å². The fourth-order valence-electron chi connectivity index (χ4n) is 3.53. The third-order valence-electron chi connectivity index (χ3n) is 4.94. The molecule has 27 heavy (non-hydrogen) atoms. The van der Waals surface area contributed by atoms with E-state index in [0.29, 0.717) is 29.9 Å². The standard InChI is InChI=1S/C18H21N5O4/c1-11-8-23(13(10-27-3)9-22(11)18(25)26)15-6-16(24)21(2)14-5-4-12(7-19)20-17(14)15/h4-6,11,13H,8-10H2,1-3H3,(H,25,26)/t11-,13-/m1/s1. The topological polar surface area (TPSA) is 112 Å². The first-order chi connectivity index (χ1) is 12.9. The van der Waals surface area contributed by atoms with Crippen LogP contribution in [-0.2, 0) is 11.8 Å². The number of fused-ring (bicyclic) bond motifs is 1. The Bertz CT molecular complexity index is 980. The molecule has 0 spiro atoms. The lowest BCUT2D eigenvalue weighted by atomic mass is 10.1. The average molecular weight is 371 g/mol. The zero-order valence-electron chi connectivity index (χ0n) is 15.4. The molecular formula is C18H21N5O4.